The number of hydrogen-bond donors (Lipinski definition) is 7. The Morgan fingerprint density at radius 3 is 1.49 bits per heavy atom. The average molecular weight is 831 g/mol. The van der Waals surface area contributed by atoms with E-state index in [1.165, 1.54) is 60.7 Å². The van der Waals surface area contributed by atoms with Gasteiger partial charge in [-0.05, 0) is 109 Å². The van der Waals surface area contributed by atoms with E-state index >= 15 is 0 Å². The molecule has 0 spiro atoms. The van der Waals surface area contributed by atoms with Crippen LogP contribution in [0.5, 0.6) is 5.75 Å². The highest BCUT2D eigenvalue weighted by Crippen LogP contribution is 2.43. The molecule has 0 bridgehead atoms. The van der Waals surface area contributed by atoms with Gasteiger partial charge in [-0.25, -0.2) is 0 Å². The Hall–Kier alpha value is -7.72. The molecule has 21 heteroatoms. The molecule has 0 unspecified atom stereocenters. The second-order valence-corrected chi connectivity index (χ2v) is 15.5. The minimum atomic E-state index is -4.90. The van der Waals surface area contributed by atoms with Crippen molar-refractivity contribution in [1.29, 1.82) is 0 Å². The third kappa shape index (κ3) is 8.82. The van der Waals surface area contributed by atoms with Crippen molar-refractivity contribution in [3.8, 4) is 5.75 Å². The van der Waals surface area contributed by atoms with Crippen LogP contribution in [0, 0.1) is 0 Å². The molecule has 0 saturated carbocycles. The molecule has 0 aromatic heterocycles. The summed E-state index contributed by atoms with van der Waals surface area (Å²) in [5.41, 5.74) is 26.5. The van der Waals surface area contributed by atoms with Crippen molar-refractivity contribution in [1.82, 2.24) is 0 Å². The molecule has 0 aliphatic carbocycles. The molecule has 0 heterocycles. The fraction of sp³-hybridized carbons (Fsp3) is 0. The average Bonchev–Trinajstić information content (AvgIpc) is 3.18. The number of nitrogen functional groups attached to an aromatic ring is 4. The van der Waals surface area contributed by atoms with Gasteiger partial charge in [0.15, 0.2) is 5.75 Å². The molecule has 0 radical (unpaired) electrons. The maximum Gasteiger partial charge on any atom is 0.296 e. The summed E-state index contributed by atoms with van der Waals surface area (Å²) >= 11 is 0. The van der Waals surface area contributed by atoms with Crippen LogP contribution in [-0.2, 0) is 20.2 Å². The summed E-state index contributed by atoms with van der Waals surface area (Å²) in [6, 6.07) is 28.0. The molecule has 296 valence electrons. The SMILES string of the molecule is Nc1ccc(N=Nc2ccc(N=Nc3c(S(=O)(=O)O)cc4ccc(N=Nc5ccc(N=Nc6ccc(N)cc6N)c6cc(S(=O)(=O)O)ccc56)cc4c3O)cc2)c(N)c1. The highest BCUT2D eigenvalue weighted by atomic mass is 32.2. The number of nitrogens with zero attached hydrogens (tertiary/aromatic N) is 8. The summed E-state index contributed by atoms with van der Waals surface area (Å²) in [6.45, 7) is 0. The van der Waals surface area contributed by atoms with Gasteiger partial charge in [-0.1, -0.05) is 12.1 Å². The molecule has 0 fully saturated rings. The maximum atomic E-state index is 12.4. The normalized spacial score (nSPS) is 12.6. The maximum absolute atomic E-state index is 12.4. The van der Waals surface area contributed by atoms with Crippen LogP contribution in [0.15, 0.2) is 166 Å². The summed E-state index contributed by atoms with van der Waals surface area (Å²) in [5, 5.41) is 45.6. The van der Waals surface area contributed by atoms with E-state index in [0.717, 1.165) is 6.07 Å². The van der Waals surface area contributed by atoms with E-state index in [9.17, 15) is 31.0 Å². The van der Waals surface area contributed by atoms with Crippen LogP contribution in [0.4, 0.5) is 68.2 Å². The van der Waals surface area contributed by atoms with Crippen molar-refractivity contribution >= 4 is 110 Å². The molecule has 59 heavy (non-hydrogen) atoms. The van der Waals surface area contributed by atoms with Crippen LogP contribution < -0.4 is 22.9 Å². The summed E-state index contributed by atoms with van der Waals surface area (Å²) in [6.07, 6.45) is 0. The molecule has 0 amide bonds. The Kier molecular flexibility index (Phi) is 10.5. The number of anilines is 4. The number of benzene rings is 7. The van der Waals surface area contributed by atoms with E-state index in [-0.39, 0.29) is 44.6 Å². The number of azo groups is 4. The van der Waals surface area contributed by atoms with Gasteiger partial charge in [-0.3, -0.25) is 9.11 Å². The van der Waals surface area contributed by atoms with E-state index in [4.69, 9.17) is 22.9 Å². The Balaban J connectivity index is 1.21. The Morgan fingerprint density at radius 1 is 0.424 bits per heavy atom. The smallest absolute Gasteiger partial charge is 0.296 e. The standard InChI is InChI=1S/C38H30N12O7S2/c39-21-2-11-34(30(41)16-21)48-43-23-5-7-24(8-6-23)44-50-37-36(59(55,56)57)15-20-1-4-25(18-28(20)38(37)51)45-46-32-13-14-33(47-49-35-12-3-22(40)17-31(35)42)29-19-26(58(52,53)54)9-10-27(29)32/h1-19,51H,39-42H2,(H,52,53,54)(H,55,56,57). The zero-order valence-corrected chi connectivity index (χ0v) is 31.8. The number of phenolic OH excluding ortho intramolecular Hbond substituents is 1. The fourth-order valence-electron chi connectivity index (χ4n) is 5.67. The molecule has 7 aromatic rings. The first-order valence-corrected chi connectivity index (χ1v) is 19.8. The Labute approximate surface area is 334 Å². The van der Waals surface area contributed by atoms with Gasteiger partial charge in [0.1, 0.15) is 22.0 Å². The van der Waals surface area contributed by atoms with Crippen molar-refractivity contribution in [2.75, 3.05) is 22.9 Å². The predicted molar refractivity (Wildman–Crippen MR) is 223 cm³/mol. The van der Waals surface area contributed by atoms with Gasteiger partial charge in [0.05, 0.1) is 44.7 Å². The van der Waals surface area contributed by atoms with Crippen LogP contribution in [0.3, 0.4) is 0 Å². The number of hydrogen-bond acceptors (Lipinski definition) is 17. The Bertz CT molecular complexity index is 3180. The topological polar surface area (TPSA) is 332 Å². The molecule has 11 N–H and O–H groups in total. The van der Waals surface area contributed by atoms with Crippen LogP contribution >= 0.6 is 0 Å². The van der Waals surface area contributed by atoms with Crippen LogP contribution in [0.2, 0.25) is 0 Å². The lowest BCUT2D eigenvalue weighted by Gasteiger charge is -2.09. The molecule has 0 aliphatic rings. The van der Waals surface area contributed by atoms with Crippen molar-refractivity contribution in [3.05, 3.63) is 115 Å². The first kappa shape index (κ1) is 39.5. The first-order valence-electron chi connectivity index (χ1n) is 16.9. The zero-order valence-electron chi connectivity index (χ0n) is 30.1. The van der Waals surface area contributed by atoms with E-state index < -0.39 is 41.5 Å². The number of fused-ring (bicyclic) bond motifs is 2. The van der Waals surface area contributed by atoms with E-state index in [1.807, 2.05) is 0 Å². The molecular weight excluding hydrogens is 801 g/mol. The second kappa shape index (κ2) is 15.7. The van der Waals surface area contributed by atoms with Crippen LogP contribution in [-0.4, -0.2) is 31.0 Å². The number of rotatable bonds is 10. The van der Waals surface area contributed by atoms with Crippen molar-refractivity contribution in [2.45, 2.75) is 9.79 Å². The minimum absolute atomic E-state index is 0.0980. The molecule has 7 aromatic carbocycles. The first-order chi connectivity index (χ1) is 28.0. The largest absolute Gasteiger partial charge is 0.505 e. The monoisotopic (exact) mass is 830 g/mol. The van der Waals surface area contributed by atoms with Gasteiger partial charge >= 0.3 is 0 Å². The summed E-state index contributed by atoms with van der Waals surface area (Å²) in [7, 11) is -9.49. The molecule has 0 aliphatic heterocycles. The van der Waals surface area contributed by atoms with Crippen LogP contribution in [0.25, 0.3) is 21.5 Å². The van der Waals surface area contributed by atoms with Crippen molar-refractivity contribution in [2.24, 2.45) is 40.9 Å². The number of nitrogens with two attached hydrogens (primary N) is 4. The zero-order chi connectivity index (χ0) is 42.1. The number of aromatic hydroxyl groups is 1. The predicted octanol–water partition coefficient (Wildman–Crippen LogP) is 10.2. The van der Waals surface area contributed by atoms with Crippen molar-refractivity contribution < 1.29 is 31.0 Å². The van der Waals surface area contributed by atoms with Gasteiger partial charge in [-0.2, -0.15) is 32.2 Å². The lowest BCUT2D eigenvalue weighted by molar-refractivity contribution is 0.472. The van der Waals surface area contributed by atoms with Gasteiger partial charge in [0.2, 0.25) is 0 Å². The van der Waals surface area contributed by atoms with Crippen molar-refractivity contribution in [3.63, 3.8) is 0 Å². The Morgan fingerprint density at radius 2 is 0.915 bits per heavy atom. The summed E-state index contributed by atoms with van der Waals surface area (Å²) in [5.74, 6) is -0.623. The second-order valence-electron chi connectivity index (χ2n) is 12.7. The van der Waals surface area contributed by atoms with Gasteiger partial charge < -0.3 is 28.0 Å². The molecule has 0 atom stereocenters. The van der Waals surface area contributed by atoms with Crippen LogP contribution in [0.1, 0.15) is 0 Å². The lowest BCUT2D eigenvalue weighted by atomic mass is 10.1. The van der Waals surface area contributed by atoms with Gasteiger partial charge in [0.25, 0.3) is 20.2 Å². The summed E-state index contributed by atoms with van der Waals surface area (Å²) < 4.78 is 68.6. The lowest BCUT2D eigenvalue weighted by Crippen LogP contribution is -1.99. The highest BCUT2D eigenvalue weighted by Gasteiger charge is 2.22. The molecule has 0 saturated heterocycles. The third-order valence-electron chi connectivity index (χ3n) is 8.58. The van der Waals surface area contributed by atoms with Gasteiger partial charge in [0, 0.05) is 27.5 Å². The summed E-state index contributed by atoms with van der Waals surface area (Å²) in [4.78, 5) is -1.09. The quantitative estimate of drug-likeness (QED) is 0.0386. The molecule has 7 rings (SSSR count). The molecular formula is C38H30N12O7S2. The minimum Gasteiger partial charge on any atom is -0.505 e. The highest BCUT2D eigenvalue weighted by molar-refractivity contribution is 7.86. The number of phenols is 1. The van der Waals surface area contributed by atoms with E-state index in [1.54, 1.807) is 48.5 Å². The van der Waals surface area contributed by atoms with E-state index in [0.29, 0.717) is 39.5 Å². The molecule has 19 nitrogen and oxygen atoms in total. The third-order valence-corrected chi connectivity index (χ3v) is 10.3. The van der Waals surface area contributed by atoms with Gasteiger partial charge in [-0.15, -0.1) is 25.6 Å². The van der Waals surface area contributed by atoms with E-state index in [2.05, 4.69) is 40.9 Å². The fourth-order valence-corrected chi connectivity index (χ4v) is 6.83.